The fraction of sp³-hybridized carbons (Fsp3) is 0.267. The summed E-state index contributed by atoms with van der Waals surface area (Å²) in [6, 6.07) is 27.9. The molecule has 0 N–H and O–H groups in total. The van der Waals surface area contributed by atoms with Gasteiger partial charge in [-0.3, -0.25) is 0 Å². The van der Waals surface area contributed by atoms with Gasteiger partial charge in [-0.15, -0.1) is 47.0 Å². The van der Waals surface area contributed by atoms with Gasteiger partial charge in [-0.05, 0) is 186 Å². The maximum Gasteiger partial charge on any atom is 0.161 e. The lowest BCUT2D eigenvalue weighted by Gasteiger charge is -2.43. The van der Waals surface area contributed by atoms with E-state index in [0.29, 0.717) is 46.0 Å². The molecule has 76 heavy (non-hydrogen) atoms. The zero-order valence-corrected chi connectivity index (χ0v) is 50.3. The van der Waals surface area contributed by atoms with E-state index in [1.807, 2.05) is 94.1 Å². The van der Waals surface area contributed by atoms with Crippen LogP contribution in [0.1, 0.15) is 90.4 Å². The predicted octanol–water partition coefficient (Wildman–Crippen LogP) is 14.8. The van der Waals surface area contributed by atoms with E-state index in [4.69, 9.17) is 37.9 Å². The van der Waals surface area contributed by atoms with Gasteiger partial charge in [-0.25, -0.2) is 0 Å². The SMILES string of the molecule is COc1cc2c(cc1OC)C1c3cc(OC)c(OC)cc3C2c2cc3c(=C4SC(SC)=C(SC)S4)c4cc5c(cc4c(=C4SC(SC)=C(SC)S4)c3cc21)C1c2cc(OC)c(OC)cc2C5c2cc(OC)c(OC)cc21. The van der Waals surface area contributed by atoms with E-state index in [-0.39, 0.29) is 23.7 Å². The highest BCUT2D eigenvalue weighted by molar-refractivity contribution is 8.46. The van der Waals surface area contributed by atoms with Gasteiger partial charge in [-0.2, -0.15) is 0 Å². The Hall–Kier alpha value is -4.52. The zero-order chi connectivity index (χ0) is 52.6. The fourth-order valence-corrected chi connectivity index (χ4v) is 23.0. The number of hydrogen-bond donors (Lipinski definition) is 0. The van der Waals surface area contributed by atoms with Gasteiger partial charge in [0.2, 0.25) is 0 Å². The minimum Gasteiger partial charge on any atom is -0.493 e. The number of ether oxygens (including phenoxy) is 8. The summed E-state index contributed by atoms with van der Waals surface area (Å²) in [4.78, 5) is 0. The summed E-state index contributed by atoms with van der Waals surface area (Å²) in [7, 11) is 13.8. The highest BCUT2D eigenvalue weighted by atomic mass is 32.3. The second-order valence-corrected chi connectivity index (χ2v) is 27.7. The quantitative estimate of drug-likeness (QED) is 0.109. The first kappa shape index (κ1) is 51.0. The lowest BCUT2D eigenvalue weighted by molar-refractivity contribution is 0.352. The Morgan fingerprint density at radius 3 is 0.566 bits per heavy atom. The van der Waals surface area contributed by atoms with Crippen molar-refractivity contribution in [1.82, 2.24) is 0 Å². The van der Waals surface area contributed by atoms with Crippen molar-refractivity contribution in [2.45, 2.75) is 23.7 Å². The van der Waals surface area contributed by atoms with Crippen LogP contribution in [0.25, 0.3) is 30.0 Å². The Bertz CT molecular complexity index is 3310. The fourth-order valence-electron chi connectivity index (χ4n) is 12.7. The molecular weight excluding hydrogens is 1110 g/mol. The molecule has 0 atom stereocenters. The van der Waals surface area contributed by atoms with Crippen LogP contribution < -0.4 is 48.3 Å². The van der Waals surface area contributed by atoms with Gasteiger partial charge in [-0.1, -0.05) is 47.0 Å². The van der Waals surface area contributed by atoms with Crippen molar-refractivity contribution >= 4 is 124 Å². The molecule has 8 nitrogen and oxygen atoms in total. The van der Waals surface area contributed by atoms with E-state index in [1.165, 1.54) is 124 Å². The van der Waals surface area contributed by atoms with Crippen LogP contribution >= 0.6 is 94.1 Å². The molecule has 8 aliphatic rings. The van der Waals surface area contributed by atoms with Gasteiger partial charge in [0.1, 0.15) is 0 Å². The molecule has 15 rings (SSSR count). The minimum absolute atomic E-state index is 0.126. The Morgan fingerprint density at radius 1 is 0.263 bits per heavy atom. The molecule has 7 aromatic rings. The molecule has 0 aromatic heterocycles. The van der Waals surface area contributed by atoms with Crippen molar-refractivity contribution in [3.8, 4) is 46.0 Å². The molecule has 0 radical (unpaired) electrons. The molecule has 0 unspecified atom stereocenters. The van der Waals surface area contributed by atoms with Gasteiger partial charge in [0.25, 0.3) is 0 Å². The second-order valence-electron chi connectivity index (χ2n) is 18.8. The average molecular weight is 1160 g/mol. The van der Waals surface area contributed by atoms with Crippen LogP contribution in [0.5, 0.6) is 46.0 Å². The normalized spacial score (nSPS) is 19.2. The lowest BCUT2D eigenvalue weighted by atomic mass is 9.60. The molecule has 16 heteroatoms. The van der Waals surface area contributed by atoms with Crippen LogP contribution in [0.4, 0.5) is 0 Å². The summed E-state index contributed by atoms with van der Waals surface area (Å²) in [5.41, 5.74) is 14.8. The van der Waals surface area contributed by atoms with E-state index in [0.717, 1.165) is 0 Å². The third kappa shape index (κ3) is 7.29. The number of thioether (sulfide) groups is 8. The molecule has 4 bridgehead atoms. The first-order valence-corrected chi connectivity index (χ1v) is 32.5. The Kier molecular flexibility index (Phi) is 13.2. The molecule has 2 heterocycles. The Labute approximate surface area is 476 Å². The first-order valence-electron chi connectivity index (χ1n) is 24.4. The summed E-state index contributed by atoms with van der Waals surface area (Å²) in [6.07, 6.45) is 8.81. The highest BCUT2D eigenvalue weighted by Gasteiger charge is 2.46. The average Bonchev–Trinajstić information content (AvgIpc) is 4.18. The molecule has 0 spiro atoms. The van der Waals surface area contributed by atoms with Crippen molar-refractivity contribution in [2.75, 3.05) is 81.9 Å². The van der Waals surface area contributed by atoms with Crippen molar-refractivity contribution in [2.24, 2.45) is 0 Å². The standard InChI is InChI=1S/C60H52O8S8/c1-61-41-17-33-34(18-42(41)62-2)50-26-14-30-29(13-25(26)49(33)35-19-43(63-3)44(64-4)20-36(35)50)53(55-73-57(69-9)58(70-10)74-55)31-15-27-28(16-32(31)54(30)56-75-59(71-11)60(72-12)76-56)52-39-23-47(67-7)45(65-5)21-37(39)51(27)38-22-46(66-6)48(68-8)24-40(38)52/h13-24,49-52H,1-12H3. The molecule has 2 aliphatic heterocycles. The molecule has 7 aromatic carbocycles. The van der Waals surface area contributed by atoms with Crippen molar-refractivity contribution in [3.05, 3.63) is 167 Å². The van der Waals surface area contributed by atoms with Gasteiger partial charge < -0.3 is 37.9 Å². The maximum absolute atomic E-state index is 6.05. The number of benzene rings is 7. The van der Waals surface area contributed by atoms with Crippen LogP contribution in [0.15, 0.2) is 89.7 Å². The van der Waals surface area contributed by atoms with Crippen molar-refractivity contribution in [1.29, 1.82) is 0 Å². The molecule has 388 valence electrons. The van der Waals surface area contributed by atoms with Gasteiger partial charge >= 0.3 is 0 Å². The second kappa shape index (κ2) is 19.7. The lowest BCUT2D eigenvalue weighted by Crippen LogP contribution is -2.30. The number of methoxy groups -OCH3 is 8. The van der Waals surface area contributed by atoms with Gasteiger partial charge in [0, 0.05) is 34.1 Å². The van der Waals surface area contributed by atoms with Crippen LogP contribution in [0, 0.1) is 0 Å². The minimum atomic E-state index is -0.126. The summed E-state index contributed by atoms with van der Waals surface area (Å²) in [5.74, 6) is 5.19. The first-order chi connectivity index (χ1) is 37.1. The van der Waals surface area contributed by atoms with Crippen LogP contribution in [-0.2, 0) is 0 Å². The number of rotatable bonds is 12. The molecule has 0 fully saturated rings. The van der Waals surface area contributed by atoms with E-state index < -0.39 is 0 Å². The molecular formula is C60H52O8S8. The Balaban J connectivity index is 1.20. The van der Waals surface area contributed by atoms with Gasteiger partial charge in [0.05, 0.1) is 82.3 Å². The van der Waals surface area contributed by atoms with Crippen LogP contribution in [0.3, 0.4) is 0 Å². The number of fused-ring (bicyclic) bond motifs is 2. The van der Waals surface area contributed by atoms with E-state index >= 15 is 0 Å². The third-order valence-electron chi connectivity index (χ3n) is 15.8. The Morgan fingerprint density at radius 2 is 0.421 bits per heavy atom. The van der Waals surface area contributed by atoms with Crippen molar-refractivity contribution < 1.29 is 37.9 Å². The van der Waals surface area contributed by atoms with Crippen LogP contribution in [0.2, 0.25) is 0 Å². The van der Waals surface area contributed by atoms with E-state index in [9.17, 15) is 0 Å². The largest absolute Gasteiger partial charge is 0.493 e. The molecule has 0 saturated carbocycles. The van der Waals surface area contributed by atoms with E-state index in [2.05, 4.69) is 97.8 Å². The highest BCUT2D eigenvalue weighted by Crippen LogP contribution is 2.64. The number of hydrogen-bond acceptors (Lipinski definition) is 16. The summed E-state index contributed by atoms with van der Waals surface area (Å²) < 4.78 is 56.3. The van der Waals surface area contributed by atoms with Crippen LogP contribution in [-0.4, -0.2) is 81.9 Å². The molecule has 0 amide bonds. The summed E-state index contributed by atoms with van der Waals surface area (Å²) in [6.45, 7) is 0. The smallest absolute Gasteiger partial charge is 0.161 e. The maximum atomic E-state index is 6.05. The third-order valence-corrected chi connectivity index (χ3v) is 26.3. The van der Waals surface area contributed by atoms with Crippen molar-refractivity contribution in [3.63, 3.8) is 0 Å². The van der Waals surface area contributed by atoms with E-state index in [1.54, 1.807) is 56.9 Å². The monoisotopic (exact) mass is 1160 g/mol. The summed E-state index contributed by atoms with van der Waals surface area (Å²) in [5, 5.41) is 7.51. The zero-order valence-electron chi connectivity index (χ0n) is 43.8. The molecule has 0 saturated heterocycles. The topological polar surface area (TPSA) is 73.8 Å². The van der Waals surface area contributed by atoms with Gasteiger partial charge in [0.15, 0.2) is 46.0 Å². The predicted molar refractivity (Wildman–Crippen MR) is 328 cm³/mol. The molecule has 6 aliphatic carbocycles. The summed E-state index contributed by atoms with van der Waals surface area (Å²) >= 11 is 15.0.